The van der Waals surface area contributed by atoms with Gasteiger partial charge in [0.05, 0.1) is 17.4 Å². The summed E-state index contributed by atoms with van der Waals surface area (Å²) < 4.78 is 37.6. The lowest BCUT2D eigenvalue weighted by Crippen LogP contribution is -2.59. The number of hydrogen-bond donors (Lipinski definition) is 2. The van der Waals surface area contributed by atoms with Crippen LogP contribution in [0.3, 0.4) is 0 Å². The number of para-hydroxylation sites is 2. The molecule has 2 N–H and O–H groups in total. The van der Waals surface area contributed by atoms with Crippen molar-refractivity contribution in [2.75, 3.05) is 41.4 Å². The third-order valence-corrected chi connectivity index (χ3v) is 6.47. The van der Waals surface area contributed by atoms with Crippen molar-refractivity contribution >= 4 is 40.9 Å². The van der Waals surface area contributed by atoms with Crippen molar-refractivity contribution < 1.29 is 27.6 Å². The minimum Gasteiger partial charge on any atom is -0.335 e. The molecule has 0 radical (unpaired) electrons. The van der Waals surface area contributed by atoms with Crippen LogP contribution in [-0.4, -0.2) is 67.6 Å². The predicted octanol–water partition coefficient (Wildman–Crippen LogP) is 4.22. The predicted molar refractivity (Wildman–Crippen MR) is 143 cm³/mol. The smallest absolute Gasteiger partial charge is 0.335 e. The van der Waals surface area contributed by atoms with E-state index in [2.05, 4.69) is 10.6 Å². The first-order chi connectivity index (χ1) is 17.4. The van der Waals surface area contributed by atoms with Gasteiger partial charge < -0.3 is 20.4 Å². The number of rotatable bonds is 13. The molecule has 208 valence electrons. The molecular weight excluding hydrogens is 505 g/mol. The molecule has 7 nitrogen and oxygen atoms in total. The van der Waals surface area contributed by atoms with Crippen LogP contribution in [0.2, 0.25) is 0 Å². The third-order valence-electron chi connectivity index (χ3n) is 5.83. The van der Waals surface area contributed by atoms with Crippen molar-refractivity contribution in [3.63, 3.8) is 0 Å². The number of amides is 3. The maximum atomic E-state index is 13.7. The molecular formula is C26H39F3N4O3S. The van der Waals surface area contributed by atoms with Gasteiger partial charge in [-0.05, 0) is 55.4 Å². The third kappa shape index (κ3) is 9.21. The van der Waals surface area contributed by atoms with Crippen LogP contribution in [0, 0.1) is 11.8 Å². The lowest BCUT2D eigenvalue weighted by molar-refractivity contribution is -0.136. The summed E-state index contributed by atoms with van der Waals surface area (Å²) in [7, 11) is 0. The molecule has 0 aromatic heterocycles. The molecule has 0 fully saturated rings. The minimum atomic E-state index is -4.27. The van der Waals surface area contributed by atoms with Crippen molar-refractivity contribution in [1.29, 1.82) is 0 Å². The summed E-state index contributed by atoms with van der Waals surface area (Å²) in [5, 5.41) is 5.54. The highest BCUT2D eigenvalue weighted by Gasteiger charge is 2.42. The standard InChI is InChI=1S/C26H39F3N4O3S/c1-17(2)15-32-20-9-6-7-10-21(20)33(16-18(3)4)25(36)22(24(32)35)31-23(34)19(11-14-37-5)30-13-8-12-26(27,28)29/h6-7,9-10,17-19,22,30H,8,11-16H2,1-5H3,(H,31,34)/t19-/m0/s1. The molecule has 0 unspecified atom stereocenters. The molecule has 0 saturated carbocycles. The lowest BCUT2D eigenvalue weighted by Gasteiger charge is -2.27. The molecule has 1 atom stereocenters. The molecule has 3 amide bonds. The van der Waals surface area contributed by atoms with Crippen LogP contribution in [-0.2, 0) is 14.4 Å². The van der Waals surface area contributed by atoms with E-state index in [9.17, 15) is 27.6 Å². The molecule has 2 rings (SSSR count). The molecule has 0 bridgehead atoms. The fraction of sp³-hybridized carbons (Fsp3) is 0.654. The second-order valence-corrected chi connectivity index (χ2v) is 11.1. The molecule has 0 spiro atoms. The monoisotopic (exact) mass is 544 g/mol. The quantitative estimate of drug-likeness (QED) is 0.287. The number of fused-ring (bicyclic) bond motifs is 1. The first-order valence-electron chi connectivity index (χ1n) is 12.7. The van der Waals surface area contributed by atoms with Gasteiger partial charge in [-0.25, -0.2) is 0 Å². The van der Waals surface area contributed by atoms with Gasteiger partial charge in [0.15, 0.2) is 6.04 Å². The number of nitrogens with one attached hydrogen (secondary N) is 2. The second-order valence-electron chi connectivity index (χ2n) is 10.1. The van der Waals surface area contributed by atoms with Gasteiger partial charge in [0.25, 0.3) is 11.8 Å². The summed E-state index contributed by atoms with van der Waals surface area (Å²) in [6, 6.07) is 4.93. The molecule has 1 aromatic rings. The second kappa shape index (κ2) is 14.0. The number of carbonyl (C=O) groups excluding carboxylic acids is 3. The maximum Gasteiger partial charge on any atom is 0.389 e. The number of carbonyl (C=O) groups is 3. The van der Waals surface area contributed by atoms with E-state index in [-0.39, 0.29) is 24.8 Å². The summed E-state index contributed by atoms with van der Waals surface area (Å²) in [5.74, 6) is -0.832. The lowest BCUT2D eigenvalue weighted by atomic mass is 10.1. The van der Waals surface area contributed by atoms with Gasteiger partial charge in [0, 0.05) is 19.5 Å². The normalized spacial score (nSPS) is 15.8. The Morgan fingerprint density at radius 2 is 1.51 bits per heavy atom. The Labute approximate surface area is 221 Å². The van der Waals surface area contributed by atoms with Gasteiger partial charge in [0.2, 0.25) is 5.91 Å². The maximum absolute atomic E-state index is 13.7. The van der Waals surface area contributed by atoms with Crippen molar-refractivity contribution in [3.8, 4) is 0 Å². The highest BCUT2D eigenvalue weighted by atomic mass is 32.2. The Kier molecular flexibility index (Phi) is 11.7. The molecule has 1 aliphatic rings. The van der Waals surface area contributed by atoms with Gasteiger partial charge in [-0.15, -0.1) is 0 Å². The highest BCUT2D eigenvalue weighted by molar-refractivity contribution is 7.98. The van der Waals surface area contributed by atoms with E-state index in [1.54, 1.807) is 34.1 Å². The summed E-state index contributed by atoms with van der Waals surface area (Å²) >= 11 is 1.50. The Hall–Kier alpha value is -2.27. The number of halogens is 3. The van der Waals surface area contributed by atoms with Crippen LogP contribution in [0.15, 0.2) is 24.3 Å². The topological polar surface area (TPSA) is 81.8 Å². The Morgan fingerprint density at radius 1 is 1.00 bits per heavy atom. The van der Waals surface area contributed by atoms with E-state index < -0.39 is 42.4 Å². The number of anilines is 2. The van der Waals surface area contributed by atoms with Crippen LogP contribution in [0.5, 0.6) is 0 Å². The average Bonchev–Trinajstić information content (AvgIpc) is 2.88. The Balaban J connectivity index is 2.34. The van der Waals surface area contributed by atoms with Crippen molar-refractivity contribution in [2.24, 2.45) is 11.8 Å². The largest absolute Gasteiger partial charge is 0.389 e. The van der Waals surface area contributed by atoms with Crippen molar-refractivity contribution in [3.05, 3.63) is 24.3 Å². The van der Waals surface area contributed by atoms with E-state index in [4.69, 9.17) is 0 Å². The van der Waals surface area contributed by atoms with Gasteiger partial charge in [0.1, 0.15) is 0 Å². The van der Waals surface area contributed by atoms with Gasteiger partial charge in [-0.3, -0.25) is 14.4 Å². The molecule has 1 heterocycles. The van der Waals surface area contributed by atoms with E-state index in [1.807, 2.05) is 34.0 Å². The average molecular weight is 545 g/mol. The van der Waals surface area contributed by atoms with E-state index in [0.29, 0.717) is 36.6 Å². The van der Waals surface area contributed by atoms with Crippen molar-refractivity contribution in [2.45, 2.75) is 65.2 Å². The SMILES string of the molecule is CSCC[C@H](NCCCC(F)(F)F)C(=O)NC1C(=O)N(CC(C)C)c2ccccc2N(CC(C)C)C1=O. The summed E-state index contributed by atoms with van der Waals surface area (Å²) in [4.78, 5) is 43.9. The number of nitrogens with zero attached hydrogens (tertiary/aromatic N) is 2. The number of benzene rings is 1. The first kappa shape index (κ1) is 31.0. The van der Waals surface area contributed by atoms with Crippen molar-refractivity contribution in [1.82, 2.24) is 10.6 Å². The Morgan fingerprint density at radius 3 is 1.95 bits per heavy atom. The van der Waals surface area contributed by atoms with Crippen LogP contribution < -0.4 is 20.4 Å². The van der Waals surface area contributed by atoms with Crippen LogP contribution in [0.4, 0.5) is 24.5 Å². The number of hydrogen-bond acceptors (Lipinski definition) is 5. The zero-order valence-corrected chi connectivity index (χ0v) is 23.0. The Bertz CT molecular complexity index is 878. The van der Waals surface area contributed by atoms with E-state index in [1.165, 1.54) is 11.8 Å². The van der Waals surface area contributed by atoms with Crippen LogP contribution in [0.25, 0.3) is 0 Å². The van der Waals surface area contributed by atoms with E-state index in [0.717, 1.165) is 0 Å². The van der Waals surface area contributed by atoms with Crippen LogP contribution in [0.1, 0.15) is 47.0 Å². The van der Waals surface area contributed by atoms with Gasteiger partial charge >= 0.3 is 6.18 Å². The summed E-state index contributed by atoms with van der Waals surface area (Å²) in [6.45, 7) is 8.56. The van der Waals surface area contributed by atoms with E-state index >= 15 is 0 Å². The molecule has 0 saturated heterocycles. The fourth-order valence-electron chi connectivity index (χ4n) is 4.18. The van der Waals surface area contributed by atoms with Gasteiger partial charge in [-0.2, -0.15) is 24.9 Å². The molecule has 0 aliphatic carbocycles. The molecule has 37 heavy (non-hydrogen) atoms. The van der Waals surface area contributed by atoms with Crippen LogP contribution >= 0.6 is 11.8 Å². The molecule has 1 aliphatic heterocycles. The first-order valence-corrected chi connectivity index (χ1v) is 14.1. The molecule has 1 aromatic carbocycles. The van der Waals surface area contributed by atoms with Gasteiger partial charge in [-0.1, -0.05) is 39.8 Å². The zero-order chi connectivity index (χ0) is 27.8. The zero-order valence-electron chi connectivity index (χ0n) is 22.2. The fourth-order valence-corrected chi connectivity index (χ4v) is 4.65. The summed E-state index contributed by atoms with van der Waals surface area (Å²) in [5.41, 5.74) is 1.22. The summed E-state index contributed by atoms with van der Waals surface area (Å²) in [6.07, 6.45) is -3.19. The number of thioether (sulfide) groups is 1. The minimum absolute atomic E-state index is 0.0110. The molecule has 11 heteroatoms. The highest BCUT2D eigenvalue weighted by Crippen LogP contribution is 2.34. The number of alkyl halides is 3.